The van der Waals surface area contributed by atoms with Crippen molar-refractivity contribution < 1.29 is 28.2 Å². The van der Waals surface area contributed by atoms with Crippen LogP contribution in [-0.2, 0) is 28.2 Å². The zero-order chi connectivity index (χ0) is 17.4. The molecule has 0 aliphatic heterocycles. The summed E-state index contributed by atoms with van der Waals surface area (Å²) in [4.78, 5) is 12.1. The van der Waals surface area contributed by atoms with Gasteiger partial charge in [-0.25, -0.2) is 4.79 Å². The summed E-state index contributed by atoms with van der Waals surface area (Å²) in [5.74, 6) is -2.35. The lowest BCUT2D eigenvalue weighted by Crippen LogP contribution is -2.57. The second-order valence-corrected chi connectivity index (χ2v) is 10.1. The molecule has 7 heteroatoms. The van der Waals surface area contributed by atoms with E-state index in [4.69, 9.17) is 23.4 Å². The molecule has 0 amide bonds. The molecule has 1 unspecified atom stereocenters. The fourth-order valence-electron chi connectivity index (χ4n) is 1.64. The molecule has 0 aromatic carbocycles. The average Bonchev–Trinajstić information content (AvgIpc) is 2.36. The van der Waals surface area contributed by atoms with Gasteiger partial charge in [0, 0.05) is 18.8 Å². The van der Waals surface area contributed by atoms with Crippen molar-refractivity contribution in [2.75, 3.05) is 19.8 Å². The van der Waals surface area contributed by atoms with Crippen LogP contribution in [0.4, 0.5) is 0 Å². The van der Waals surface area contributed by atoms with Gasteiger partial charge in [0.15, 0.2) is 8.32 Å². The molecule has 0 saturated heterocycles. The molecular formula is C15H30O6Si. The summed E-state index contributed by atoms with van der Waals surface area (Å²) in [6.45, 7) is 17.4. The zero-order valence-corrected chi connectivity index (χ0v) is 15.9. The number of esters is 1. The second-order valence-electron chi connectivity index (χ2n) is 5.66. The summed E-state index contributed by atoms with van der Waals surface area (Å²) >= 11 is 0. The molecule has 0 aliphatic rings. The van der Waals surface area contributed by atoms with Crippen LogP contribution in [0.15, 0.2) is 12.2 Å². The molecule has 0 saturated carbocycles. The molecule has 1 atom stereocenters. The van der Waals surface area contributed by atoms with Crippen molar-refractivity contribution >= 4 is 14.3 Å². The van der Waals surface area contributed by atoms with Crippen molar-refractivity contribution in [1.82, 2.24) is 0 Å². The van der Waals surface area contributed by atoms with Gasteiger partial charge in [0.2, 0.25) is 0 Å². The Hall–Kier alpha value is -0.733. The van der Waals surface area contributed by atoms with E-state index in [0.29, 0.717) is 13.2 Å². The lowest BCUT2D eigenvalue weighted by Gasteiger charge is -2.41. The van der Waals surface area contributed by atoms with E-state index >= 15 is 0 Å². The molecule has 0 spiro atoms. The van der Waals surface area contributed by atoms with E-state index in [1.54, 1.807) is 13.8 Å². The predicted octanol–water partition coefficient (Wildman–Crippen LogP) is 3.05. The number of carbonyl (C=O) groups excluding carboxylic acids is 1. The maximum atomic E-state index is 12.1. The molecule has 0 aliphatic carbocycles. The van der Waals surface area contributed by atoms with Crippen LogP contribution in [-0.4, -0.2) is 46.4 Å². The highest BCUT2D eigenvalue weighted by Crippen LogP contribution is 2.29. The van der Waals surface area contributed by atoms with Crippen molar-refractivity contribution in [3.8, 4) is 0 Å². The number of ether oxygens (including phenoxy) is 4. The van der Waals surface area contributed by atoms with E-state index in [2.05, 4.69) is 6.58 Å². The largest absolute Gasteiger partial charge is 0.401 e. The zero-order valence-electron chi connectivity index (χ0n) is 14.9. The molecule has 6 nitrogen and oxygen atoms in total. The third-order valence-electron chi connectivity index (χ3n) is 2.30. The van der Waals surface area contributed by atoms with E-state index in [0.717, 1.165) is 0 Å². The van der Waals surface area contributed by atoms with E-state index in [9.17, 15) is 4.79 Å². The highest BCUT2D eigenvalue weighted by molar-refractivity contribution is 6.69. The predicted molar refractivity (Wildman–Crippen MR) is 86.7 cm³/mol. The molecule has 0 N–H and O–H groups in total. The van der Waals surface area contributed by atoms with Gasteiger partial charge < -0.3 is 23.4 Å². The quantitative estimate of drug-likeness (QED) is 0.250. The minimum absolute atomic E-state index is 0.245. The molecule has 0 aromatic heterocycles. The summed E-state index contributed by atoms with van der Waals surface area (Å²) in [5, 5.41) is 0. The summed E-state index contributed by atoms with van der Waals surface area (Å²) in [6, 6.07) is 0. The Bertz CT molecular complexity index is 360. The monoisotopic (exact) mass is 334 g/mol. The third-order valence-corrected chi connectivity index (χ3v) is 3.20. The average molecular weight is 334 g/mol. The Morgan fingerprint density at radius 1 is 1.09 bits per heavy atom. The molecule has 22 heavy (non-hydrogen) atoms. The van der Waals surface area contributed by atoms with Gasteiger partial charge in [-0.15, -0.1) is 0 Å². The maximum absolute atomic E-state index is 12.1. The Balaban J connectivity index is 5.69. The molecule has 0 radical (unpaired) electrons. The van der Waals surface area contributed by atoms with Gasteiger partial charge in [-0.2, -0.15) is 0 Å². The topological polar surface area (TPSA) is 63.2 Å². The van der Waals surface area contributed by atoms with Crippen LogP contribution in [0.25, 0.3) is 0 Å². The van der Waals surface area contributed by atoms with Gasteiger partial charge in [0.05, 0.1) is 6.61 Å². The first-order valence-electron chi connectivity index (χ1n) is 7.58. The second kappa shape index (κ2) is 9.42. The molecule has 0 fully saturated rings. The normalized spacial score (nSPS) is 14.7. The molecule has 130 valence electrons. The number of carbonyl (C=O) groups is 1. The van der Waals surface area contributed by atoms with Crippen molar-refractivity contribution in [1.29, 1.82) is 0 Å². The summed E-state index contributed by atoms with van der Waals surface area (Å²) in [6.07, 6.45) is -0.975. The van der Waals surface area contributed by atoms with Crippen LogP contribution in [0.1, 0.15) is 27.7 Å². The van der Waals surface area contributed by atoms with E-state index in [1.165, 1.54) is 0 Å². The molecule has 0 bridgehead atoms. The van der Waals surface area contributed by atoms with Crippen LogP contribution in [0.2, 0.25) is 19.6 Å². The summed E-state index contributed by atoms with van der Waals surface area (Å²) in [5.41, 5.74) is 0.245. The summed E-state index contributed by atoms with van der Waals surface area (Å²) in [7, 11) is -2.14. The van der Waals surface area contributed by atoms with Crippen LogP contribution >= 0.6 is 0 Å². The highest BCUT2D eigenvalue weighted by atomic mass is 28.4. The number of hydrogen-bond donors (Lipinski definition) is 0. The first kappa shape index (κ1) is 21.3. The molecule has 0 aromatic rings. The van der Waals surface area contributed by atoms with Crippen molar-refractivity contribution in [2.45, 2.75) is 59.6 Å². The van der Waals surface area contributed by atoms with Gasteiger partial charge in [0.1, 0.15) is 0 Å². The first-order chi connectivity index (χ1) is 10.1. The summed E-state index contributed by atoms with van der Waals surface area (Å²) < 4.78 is 28.3. The van der Waals surface area contributed by atoms with E-state index in [-0.39, 0.29) is 12.2 Å². The molecule has 0 heterocycles. The van der Waals surface area contributed by atoms with Gasteiger partial charge in [-0.1, -0.05) is 6.58 Å². The smallest absolute Gasteiger partial charge is 0.374 e. The Morgan fingerprint density at radius 3 is 1.91 bits per heavy atom. The third kappa shape index (κ3) is 7.02. The Labute approximate surface area is 134 Å². The van der Waals surface area contributed by atoms with Crippen LogP contribution in [0.5, 0.6) is 0 Å². The van der Waals surface area contributed by atoms with E-state index in [1.807, 2.05) is 33.5 Å². The standard InChI is InChI=1S/C15H30O6Si/c1-9-17-14(18-10-2)15(19-11-3,21-22(6,7)8)20-13(16)12(4)5/h14H,4,9-11H2,1-3,5-8H3. The van der Waals surface area contributed by atoms with Crippen molar-refractivity contribution in [3.63, 3.8) is 0 Å². The lowest BCUT2D eigenvalue weighted by molar-refractivity contribution is -0.415. The lowest BCUT2D eigenvalue weighted by atomic mass is 10.3. The SMILES string of the molecule is C=C(C)C(=O)OC(OCC)(O[Si](C)(C)C)C(OCC)OCC. The van der Waals surface area contributed by atoms with Gasteiger partial charge >= 0.3 is 11.9 Å². The van der Waals surface area contributed by atoms with Gasteiger partial charge in [0.25, 0.3) is 6.29 Å². The fourth-order valence-corrected chi connectivity index (χ4v) is 2.69. The Morgan fingerprint density at radius 2 is 1.59 bits per heavy atom. The first-order valence-corrected chi connectivity index (χ1v) is 11.0. The molecular weight excluding hydrogens is 304 g/mol. The number of hydrogen-bond acceptors (Lipinski definition) is 6. The molecule has 0 rings (SSSR count). The fraction of sp³-hybridized carbons (Fsp3) is 0.800. The van der Waals surface area contributed by atoms with Gasteiger partial charge in [-0.05, 0) is 47.3 Å². The Kier molecular flexibility index (Phi) is 9.10. The minimum atomic E-state index is -2.14. The van der Waals surface area contributed by atoms with Crippen molar-refractivity contribution in [3.05, 3.63) is 12.2 Å². The minimum Gasteiger partial charge on any atom is -0.401 e. The van der Waals surface area contributed by atoms with Crippen molar-refractivity contribution in [2.24, 2.45) is 0 Å². The number of rotatable bonds is 11. The van der Waals surface area contributed by atoms with Crippen LogP contribution in [0.3, 0.4) is 0 Å². The highest BCUT2D eigenvalue weighted by Gasteiger charge is 2.50. The van der Waals surface area contributed by atoms with Crippen LogP contribution < -0.4 is 0 Å². The van der Waals surface area contributed by atoms with Crippen LogP contribution in [0, 0.1) is 0 Å². The maximum Gasteiger partial charge on any atom is 0.374 e. The van der Waals surface area contributed by atoms with Gasteiger partial charge in [-0.3, -0.25) is 0 Å². The van der Waals surface area contributed by atoms with E-state index < -0.39 is 26.5 Å².